The number of carboxylic acids is 1. The fraction of sp³-hybridized carbons (Fsp3) is 0.357. The summed E-state index contributed by atoms with van der Waals surface area (Å²) in [6.45, 7) is -0.0496. The predicted molar refractivity (Wildman–Crippen MR) is 75.7 cm³/mol. The van der Waals surface area contributed by atoms with Crippen molar-refractivity contribution in [3.63, 3.8) is 0 Å². The SMILES string of the molecule is COC(=O)CC[C@H](NC(=O)CNc1ccccc1)C(=O)O. The molecule has 0 saturated heterocycles. The van der Waals surface area contributed by atoms with Crippen molar-refractivity contribution in [3.05, 3.63) is 30.3 Å². The molecule has 21 heavy (non-hydrogen) atoms. The summed E-state index contributed by atoms with van der Waals surface area (Å²) in [6, 6.07) is 7.94. The van der Waals surface area contributed by atoms with Gasteiger partial charge in [-0.05, 0) is 18.6 Å². The number of carbonyl (C=O) groups excluding carboxylic acids is 2. The van der Waals surface area contributed by atoms with Gasteiger partial charge in [0.1, 0.15) is 6.04 Å². The van der Waals surface area contributed by atoms with Gasteiger partial charge < -0.3 is 20.5 Å². The Morgan fingerprint density at radius 3 is 2.48 bits per heavy atom. The van der Waals surface area contributed by atoms with Gasteiger partial charge in [-0.3, -0.25) is 9.59 Å². The van der Waals surface area contributed by atoms with E-state index in [1.54, 1.807) is 12.1 Å². The second-order valence-corrected chi connectivity index (χ2v) is 4.29. The molecule has 0 spiro atoms. The van der Waals surface area contributed by atoms with Crippen molar-refractivity contribution in [1.82, 2.24) is 5.32 Å². The molecule has 114 valence electrons. The fourth-order valence-electron chi connectivity index (χ4n) is 1.61. The number of nitrogens with one attached hydrogen (secondary N) is 2. The van der Waals surface area contributed by atoms with Crippen LogP contribution in [-0.4, -0.2) is 42.6 Å². The van der Waals surface area contributed by atoms with Crippen LogP contribution in [-0.2, 0) is 19.1 Å². The number of methoxy groups -OCH3 is 1. The molecule has 0 aliphatic heterocycles. The van der Waals surface area contributed by atoms with E-state index in [-0.39, 0.29) is 19.4 Å². The van der Waals surface area contributed by atoms with Crippen LogP contribution in [0.3, 0.4) is 0 Å². The Morgan fingerprint density at radius 1 is 1.24 bits per heavy atom. The van der Waals surface area contributed by atoms with E-state index < -0.39 is 23.9 Å². The molecule has 0 aromatic heterocycles. The molecule has 7 heteroatoms. The van der Waals surface area contributed by atoms with E-state index >= 15 is 0 Å². The number of carbonyl (C=O) groups is 3. The average Bonchev–Trinajstić information content (AvgIpc) is 2.49. The number of ether oxygens (including phenoxy) is 1. The Balaban J connectivity index is 2.41. The molecule has 1 amide bonds. The lowest BCUT2D eigenvalue weighted by atomic mass is 10.1. The highest BCUT2D eigenvalue weighted by molar-refractivity contribution is 5.86. The third-order valence-corrected chi connectivity index (χ3v) is 2.72. The van der Waals surface area contributed by atoms with Gasteiger partial charge in [-0.15, -0.1) is 0 Å². The van der Waals surface area contributed by atoms with Crippen LogP contribution in [0.5, 0.6) is 0 Å². The summed E-state index contributed by atoms with van der Waals surface area (Å²) < 4.78 is 4.43. The molecule has 0 saturated carbocycles. The molecule has 0 heterocycles. The van der Waals surface area contributed by atoms with Crippen LogP contribution in [0.1, 0.15) is 12.8 Å². The molecule has 0 aliphatic rings. The second-order valence-electron chi connectivity index (χ2n) is 4.29. The molecule has 0 radical (unpaired) electrons. The number of benzene rings is 1. The Bertz CT molecular complexity index is 489. The lowest BCUT2D eigenvalue weighted by Crippen LogP contribution is -2.43. The summed E-state index contributed by atoms with van der Waals surface area (Å²) in [5.41, 5.74) is 0.758. The largest absolute Gasteiger partial charge is 0.480 e. The molecule has 0 bridgehead atoms. The maximum atomic E-state index is 11.7. The highest BCUT2D eigenvalue weighted by atomic mass is 16.5. The quantitative estimate of drug-likeness (QED) is 0.607. The first kappa shape index (κ1) is 16.5. The summed E-state index contributed by atoms with van der Waals surface area (Å²) in [4.78, 5) is 33.7. The minimum Gasteiger partial charge on any atom is -0.480 e. The molecule has 0 unspecified atom stereocenters. The number of para-hydroxylation sites is 1. The number of aliphatic carboxylic acids is 1. The first-order valence-corrected chi connectivity index (χ1v) is 6.41. The molecule has 3 N–H and O–H groups in total. The molecule has 1 atom stereocenters. The average molecular weight is 294 g/mol. The summed E-state index contributed by atoms with van der Waals surface area (Å²) in [5, 5.41) is 14.2. The van der Waals surface area contributed by atoms with Crippen LogP contribution in [0, 0.1) is 0 Å². The molecule has 0 fully saturated rings. The minimum absolute atomic E-state index is 0.0148. The molecular formula is C14H18N2O5. The van der Waals surface area contributed by atoms with Gasteiger partial charge in [-0.2, -0.15) is 0 Å². The van der Waals surface area contributed by atoms with Crippen LogP contribution < -0.4 is 10.6 Å². The van der Waals surface area contributed by atoms with Crippen LogP contribution in [0.2, 0.25) is 0 Å². The number of carboxylic acid groups (broad SMARTS) is 1. The Morgan fingerprint density at radius 2 is 1.90 bits per heavy atom. The smallest absolute Gasteiger partial charge is 0.326 e. The molecule has 0 aliphatic carbocycles. The number of rotatable bonds is 8. The van der Waals surface area contributed by atoms with E-state index in [0.717, 1.165) is 5.69 Å². The molecule has 7 nitrogen and oxygen atoms in total. The summed E-state index contributed by atoms with van der Waals surface area (Å²) in [7, 11) is 1.22. The predicted octanol–water partition coefficient (Wildman–Crippen LogP) is 0.621. The van der Waals surface area contributed by atoms with E-state index in [4.69, 9.17) is 5.11 Å². The van der Waals surface area contributed by atoms with Crippen molar-refractivity contribution in [2.75, 3.05) is 19.0 Å². The zero-order valence-electron chi connectivity index (χ0n) is 11.7. The van der Waals surface area contributed by atoms with Crippen LogP contribution >= 0.6 is 0 Å². The number of anilines is 1. The molecule has 1 aromatic carbocycles. The first-order chi connectivity index (χ1) is 10.0. The van der Waals surface area contributed by atoms with Crippen molar-refractivity contribution in [3.8, 4) is 0 Å². The van der Waals surface area contributed by atoms with Gasteiger partial charge in [0.15, 0.2) is 0 Å². The van der Waals surface area contributed by atoms with Crippen molar-refractivity contribution in [2.45, 2.75) is 18.9 Å². The van der Waals surface area contributed by atoms with Crippen molar-refractivity contribution >= 4 is 23.5 Å². The van der Waals surface area contributed by atoms with Crippen molar-refractivity contribution in [2.24, 2.45) is 0 Å². The van der Waals surface area contributed by atoms with Gasteiger partial charge in [0, 0.05) is 12.1 Å². The number of hydrogen-bond donors (Lipinski definition) is 3. The van der Waals surface area contributed by atoms with E-state index in [1.807, 2.05) is 18.2 Å². The van der Waals surface area contributed by atoms with Gasteiger partial charge in [0.25, 0.3) is 0 Å². The maximum Gasteiger partial charge on any atom is 0.326 e. The Hall–Kier alpha value is -2.57. The number of hydrogen-bond acceptors (Lipinski definition) is 5. The summed E-state index contributed by atoms with van der Waals surface area (Å²) >= 11 is 0. The minimum atomic E-state index is -1.19. The van der Waals surface area contributed by atoms with E-state index in [2.05, 4.69) is 15.4 Å². The van der Waals surface area contributed by atoms with Crippen molar-refractivity contribution in [1.29, 1.82) is 0 Å². The molecule has 1 rings (SSSR count). The van der Waals surface area contributed by atoms with E-state index in [1.165, 1.54) is 7.11 Å². The fourth-order valence-corrected chi connectivity index (χ4v) is 1.61. The monoisotopic (exact) mass is 294 g/mol. The van der Waals surface area contributed by atoms with Gasteiger partial charge >= 0.3 is 11.9 Å². The maximum absolute atomic E-state index is 11.7. The van der Waals surface area contributed by atoms with E-state index in [9.17, 15) is 14.4 Å². The third kappa shape index (κ3) is 6.42. The van der Waals surface area contributed by atoms with Gasteiger partial charge in [-0.1, -0.05) is 18.2 Å². The van der Waals surface area contributed by atoms with Crippen LogP contribution in [0.15, 0.2) is 30.3 Å². The topological polar surface area (TPSA) is 105 Å². The van der Waals surface area contributed by atoms with E-state index in [0.29, 0.717) is 0 Å². The first-order valence-electron chi connectivity index (χ1n) is 6.41. The second kappa shape index (κ2) is 8.57. The lowest BCUT2D eigenvalue weighted by molar-refractivity contribution is -0.143. The number of amides is 1. The highest BCUT2D eigenvalue weighted by Gasteiger charge is 2.20. The van der Waals surface area contributed by atoms with Crippen LogP contribution in [0.25, 0.3) is 0 Å². The summed E-state index contributed by atoms with van der Waals surface area (Å²) in [6.07, 6.45) is -0.0844. The van der Waals surface area contributed by atoms with Gasteiger partial charge in [-0.25, -0.2) is 4.79 Å². The molecular weight excluding hydrogens is 276 g/mol. The Labute approximate surface area is 122 Å². The molecule has 1 aromatic rings. The van der Waals surface area contributed by atoms with Crippen molar-refractivity contribution < 1.29 is 24.2 Å². The van der Waals surface area contributed by atoms with Crippen LogP contribution in [0.4, 0.5) is 5.69 Å². The van der Waals surface area contributed by atoms with Gasteiger partial charge in [0.05, 0.1) is 13.7 Å². The zero-order chi connectivity index (χ0) is 15.7. The lowest BCUT2D eigenvalue weighted by Gasteiger charge is -2.14. The Kier molecular flexibility index (Phi) is 6.73. The summed E-state index contributed by atoms with van der Waals surface area (Å²) in [5.74, 6) is -2.17. The number of esters is 1. The standard InChI is InChI=1S/C14H18N2O5/c1-21-13(18)8-7-11(14(19)20)16-12(17)9-15-10-5-3-2-4-6-10/h2-6,11,15H,7-9H2,1H3,(H,16,17)(H,19,20)/t11-/m0/s1. The van der Waals surface area contributed by atoms with Gasteiger partial charge in [0.2, 0.25) is 5.91 Å². The normalized spacial score (nSPS) is 11.3. The third-order valence-electron chi connectivity index (χ3n) is 2.72. The zero-order valence-corrected chi connectivity index (χ0v) is 11.7. The highest BCUT2D eigenvalue weighted by Crippen LogP contribution is 2.04.